The molecule has 8 atom stereocenters. The topological polar surface area (TPSA) is 40.5 Å². The molecule has 4 aliphatic carbocycles. The zero-order valence-electron chi connectivity index (χ0n) is 21.1. The van der Waals surface area contributed by atoms with Crippen LogP contribution in [-0.2, 0) is 0 Å². The summed E-state index contributed by atoms with van der Waals surface area (Å²) in [5, 5.41) is 20.2. The third-order valence-electron chi connectivity index (χ3n) is 10.4. The monoisotopic (exact) mass is 420 g/mol. The van der Waals surface area contributed by atoms with Crippen molar-refractivity contribution in [1.82, 2.24) is 0 Å². The number of aliphatic hydroxyl groups is 2. The zero-order valence-corrected chi connectivity index (χ0v) is 21.1. The van der Waals surface area contributed by atoms with Gasteiger partial charge in [0.05, 0.1) is 11.7 Å². The Labute approximate surface area is 187 Å². The first-order valence-electron chi connectivity index (χ1n) is 13.5. The number of hydrogen-bond acceptors (Lipinski definition) is 2. The third kappa shape index (κ3) is 4.66. The molecule has 0 heterocycles. The summed E-state index contributed by atoms with van der Waals surface area (Å²) >= 11 is 0. The summed E-state index contributed by atoms with van der Waals surface area (Å²) in [5.74, 6) is 4.53. The van der Waals surface area contributed by atoms with Crippen LogP contribution in [0.5, 0.6) is 0 Å². The predicted octanol–water partition coefficient (Wildman–Crippen LogP) is 7.36. The smallest absolute Gasteiger partial charge is 0.0591 e. The van der Waals surface area contributed by atoms with Gasteiger partial charge < -0.3 is 10.2 Å². The highest BCUT2D eigenvalue weighted by Gasteiger charge is 2.59. The van der Waals surface area contributed by atoms with E-state index in [4.69, 9.17) is 0 Å². The van der Waals surface area contributed by atoms with E-state index in [2.05, 4.69) is 13.8 Å². The third-order valence-corrected chi connectivity index (χ3v) is 10.4. The molecule has 4 saturated carbocycles. The van der Waals surface area contributed by atoms with E-state index in [9.17, 15) is 10.2 Å². The number of hydrogen-bond donors (Lipinski definition) is 2. The average molecular weight is 421 g/mol. The molecular weight excluding hydrogens is 368 g/mol. The maximum absolute atomic E-state index is 10.2. The van der Waals surface area contributed by atoms with Gasteiger partial charge >= 0.3 is 0 Å². The van der Waals surface area contributed by atoms with Crippen molar-refractivity contribution in [3.8, 4) is 0 Å². The summed E-state index contributed by atoms with van der Waals surface area (Å²) < 4.78 is 0. The quantitative estimate of drug-likeness (QED) is 0.456. The molecule has 0 radical (unpaired) electrons. The normalized spacial score (nSPS) is 45.6. The Kier molecular flexibility index (Phi) is 7.71. The van der Waals surface area contributed by atoms with Gasteiger partial charge in [-0.05, 0) is 125 Å². The minimum Gasteiger partial charge on any atom is -0.393 e. The summed E-state index contributed by atoms with van der Waals surface area (Å²) in [7, 11) is 0. The fourth-order valence-electron chi connectivity index (χ4n) is 8.77. The second-order valence-corrected chi connectivity index (χ2v) is 12.5. The van der Waals surface area contributed by atoms with Crippen molar-refractivity contribution in [1.29, 1.82) is 0 Å². The van der Waals surface area contributed by atoms with Crippen molar-refractivity contribution >= 4 is 0 Å². The summed E-state index contributed by atoms with van der Waals surface area (Å²) in [4.78, 5) is 0. The Morgan fingerprint density at radius 1 is 0.833 bits per heavy atom. The summed E-state index contributed by atoms with van der Waals surface area (Å²) in [6.07, 6.45) is 16.8. The van der Waals surface area contributed by atoms with Crippen molar-refractivity contribution < 1.29 is 10.2 Å². The van der Waals surface area contributed by atoms with Crippen molar-refractivity contribution in [2.45, 2.75) is 137 Å². The molecule has 2 nitrogen and oxygen atoms in total. The number of fused-ring (bicyclic) bond motifs is 5. The fraction of sp³-hybridized carbons (Fsp3) is 1.00. The second-order valence-electron chi connectivity index (χ2n) is 12.5. The molecule has 0 bridgehead atoms. The van der Waals surface area contributed by atoms with Gasteiger partial charge in [-0.2, -0.15) is 0 Å². The number of aliphatic hydroxyl groups excluding tert-OH is 1. The number of unbranched alkanes of at least 4 members (excludes halogenated alkanes) is 1. The molecule has 30 heavy (non-hydrogen) atoms. The molecule has 0 aromatic rings. The summed E-state index contributed by atoms with van der Waals surface area (Å²) in [5.41, 5.74) is 0.587. The molecular formula is C28H52O2. The molecule has 0 aromatic heterocycles. The Morgan fingerprint density at radius 2 is 1.50 bits per heavy atom. The maximum Gasteiger partial charge on any atom is 0.0591 e. The SMILES string of the molecule is CC.CC(C)(O)CCCC[C@H]1CCC2C3CCC4C[C@@H](O)CC[C@]4(C)C3CCC21C. The van der Waals surface area contributed by atoms with E-state index < -0.39 is 5.60 Å². The fourth-order valence-corrected chi connectivity index (χ4v) is 8.77. The lowest BCUT2D eigenvalue weighted by atomic mass is 9.44. The first-order valence-corrected chi connectivity index (χ1v) is 13.5. The van der Waals surface area contributed by atoms with E-state index in [1.54, 1.807) is 0 Å². The van der Waals surface area contributed by atoms with Gasteiger partial charge in [-0.25, -0.2) is 0 Å². The molecule has 176 valence electrons. The molecule has 4 aliphatic rings. The average Bonchev–Trinajstić information content (AvgIpc) is 3.03. The second kappa shape index (κ2) is 9.42. The van der Waals surface area contributed by atoms with Crippen LogP contribution >= 0.6 is 0 Å². The van der Waals surface area contributed by atoms with E-state index >= 15 is 0 Å². The highest BCUT2D eigenvalue weighted by Crippen LogP contribution is 2.67. The van der Waals surface area contributed by atoms with Crippen molar-refractivity contribution in [3.63, 3.8) is 0 Å². The van der Waals surface area contributed by atoms with Crippen LogP contribution in [0.2, 0.25) is 0 Å². The number of rotatable bonds is 5. The maximum atomic E-state index is 10.2. The molecule has 2 N–H and O–H groups in total. The van der Waals surface area contributed by atoms with Gasteiger partial charge in [0, 0.05) is 0 Å². The van der Waals surface area contributed by atoms with Gasteiger partial charge in [-0.15, -0.1) is 0 Å². The molecule has 0 aliphatic heterocycles. The van der Waals surface area contributed by atoms with Crippen molar-refractivity contribution in [2.75, 3.05) is 0 Å². The van der Waals surface area contributed by atoms with Crippen LogP contribution in [0.3, 0.4) is 0 Å². The van der Waals surface area contributed by atoms with E-state index in [-0.39, 0.29) is 6.10 Å². The predicted molar refractivity (Wildman–Crippen MR) is 127 cm³/mol. The van der Waals surface area contributed by atoms with Gasteiger partial charge in [0.25, 0.3) is 0 Å². The molecule has 4 rings (SSSR count). The molecule has 0 amide bonds. The Bertz CT molecular complexity index is 551. The Hall–Kier alpha value is -0.0800. The summed E-state index contributed by atoms with van der Waals surface area (Å²) in [6.45, 7) is 13.2. The zero-order chi connectivity index (χ0) is 22.2. The molecule has 0 saturated heterocycles. The standard InChI is InChI=1S/C26H46O2.C2H6/c1-24(2,28)14-6-5-7-18-9-11-22-21-10-8-19-17-20(27)12-15-26(19,4)23(21)13-16-25(18,22)3;1-2/h18-23,27-28H,5-17H2,1-4H3;1-2H3/t18-,19?,20-,21?,22?,23?,25?,26-;/m0./s1. The van der Waals surface area contributed by atoms with Crippen LogP contribution in [0.25, 0.3) is 0 Å². The largest absolute Gasteiger partial charge is 0.393 e. The van der Waals surface area contributed by atoms with Gasteiger partial charge in [0.1, 0.15) is 0 Å². The van der Waals surface area contributed by atoms with Gasteiger partial charge in [-0.1, -0.05) is 40.5 Å². The first-order chi connectivity index (χ1) is 14.1. The summed E-state index contributed by atoms with van der Waals surface area (Å²) in [6, 6.07) is 0. The van der Waals surface area contributed by atoms with Gasteiger partial charge in [0.2, 0.25) is 0 Å². The van der Waals surface area contributed by atoms with Gasteiger partial charge in [-0.3, -0.25) is 0 Å². The molecule has 0 aromatic carbocycles. The molecule has 0 spiro atoms. The first kappa shape index (κ1) is 24.6. The lowest BCUT2D eigenvalue weighted by Gasteiger charge is -2.61. The van der Waals surface area contributed by atoms with Crippen LogP contribution < -0.4 is 0 Å². The molecule has 2 heteroatoms. The van der Waals surface area contributed by atoms with E-state index in [1.165, 1.54) is 64.2 Å². The van der Waals surface area contributed by atoms with E-state index in [1.807, 2.05) is 27.7 Å². The lowest BCUT2D eigenvalue weighted by molar-refractivity contribution is -0.127. The van der Waals surface area contributed by atoms with Crippen LogP contribution in [0.4, 0.5) is 0 Å². The van der Waals surface area contributed by atoms with Crippen molar-refractivity contribution in [2.24, 2.45) is 40.4 Å². The van der Waals surface area contributed by atoms with E-state index in [0.717, 1.165) is 48.9 Å². The lowest BCUT2D eigenvalue weighted by Crippen LogP contribution is -2.53. The Morgan fingerprint density at radius 3 is 2.20 bits per heavy atom. The molecule has 4 fully saturated rings. The van der Waals surface area contributed by atoms with Crippen LogP contribution in [0.15, 0.2) is 0 Å². The molecule has 5 unspecified atom stereocenters. The van der Waals surface area contributed by atoms with Gasteiger partial charge in [0.15, 0.2) is 0 Å². The van der Waals surface area contributed by atoms with Crippen molar-refractivity contribution in [3.05, 3.63) is 0 Å². The van der Waals surface area contributed by atoms with Crippen LogP contribution in [0, 0.1) is 40.4 Å². The minimum absolute atomic E-state index is 0.0248. The van der Waals surface area contributed by atoms with E-state index in [0.29, 0.717) is 10.8 Å². The van der Waals surface area contributed by atoms with Crippen LogP contribution in [0.1, 0.15) is 125 Å². The Balaban J connectivity index is 0.00000124. The van der Waals surface area contributed by atoms with Crippen LogP contribution in [-0.4, -0.2) is 21.9 Å². The highest BCUT2D eigenvalue weighted by atomic mass is 16.3. The minimum atomic E-state index is -0.498. The highest BCUT2D eigenvalue weighted by molar-refractivity contribution is 5.09.